The Morgan fingerprint density at radius 2 is 1.35 bits per heavy atom. The normalized spacial score (nSPS) is 17.2. The van der Waals surface area contributed by atoms with Gasteiger partial charge in [-0.3, -0.25) is 0 Å². The van der Waals surface area contributed by atoms with Gasteiger partial charge in [-0.25, -0.2) is 4.79 Å². The zero-order chi connectivity index (χ0) is 18.3. The molecule has 3 nitrogen and oxygen atoms in total. The Labute approximate surface area is 204 Å². The number of carbonyl (C=O) groups excluding carboxylic acids is 1. The second-order valence-corrected chi connectivity index (χ2v) is 7.56. The van der Waals surface area contributed by atoms with Gasteiger partial charge >= 0.3 is 57.4 Å². The third kappa shape index (κ3) is 12.2. The Kier molecular flexibility index (Phi) is 18.2. The van der Waals surface area contributed by atoms with Crippen molar-refractivity contribution in [3.63, 3.8) is 0 Å². The van der Waals surface area contributed by atoms with Crippen molar-refractivity contribution in [3.8, 4) is 0 Å². The Balaban J connectivity index is 0.00000625. The van der Waals surface area contributed by atoms with Crippen molar-refractivity contribution in [3.05, 3.63) is 11.3 Å². The molecule has 146 valence electrons. The molecule has 4 heteroatoms. The molecule has 0 bridgehead atoms. The molecule has 0 aliphatic carbocycles. The molecule has 1 aliphatic rings. The van der Waals surface area contributed by atoms with Crippen molar-refractivity contribution in [2.75, 3.05) is 0 Å². The third-order valence-electron chi connectivity index (χ3n) is 5.18. The predicted molar refractivity (Wildman–Crippen MR) is 102 cm³/mol. The van der Waals surface area contributed by atoms with Crippen LogP contribution in [-0.2, 0) is 9.53 Å². The summed E-state index contributed by atoms with van der Waals surface area (Å²) in [6.45, 7) is 4.40. The molecule has 0 saturated heterocycles. The van der Waals surface area contributed by atoms with Crippen molar-refractivity contribution in [1.82, 2.24) is 0 Å². The Morgan fingerprint density at radius 1 is 0.846 bits per heavy atom. The number of ether oxygens (including phenoxy) is 1. The minimum absolute atomic E-state index is 0. The summed E-state index contributed by atoms with van der Waals surface area (Å²) in [5, 5.41) is 12.2. The van der Waals surface area contributed by atoms with Gasteiger partial charge in [0.05, 0.1) is 0 Å². The van der Waals surface area contributed by atoms with E-state index in [9.17, 15) is 9.90 Å². The topological polar surface area (TPSA) is 49.4 Å². The average Bonchev–Trinajstić information content (AvgIpc) is 2.59. The summed E-state index contributed by atoms with van der Waals surface area (Å²) in [5.41, 5.74) is 0.416. The summed E-state index contributed by atoms with van der Waals surface area (Å²) in [6.07, 6.45) is 17.6. The Morgan fingerprint density at radius 3 is 1.88 bits per heavy atom. The van der Waals surface area contributed by atoms with E-state index in [1.807, 2.05) is 0 Å². The molecule has 1 heterocycles. The van der Waals surface area contributed by atoms with E-state index in [0.717, 1.165) is 38.5 Å². The van der Waals surface area contributed by atoms with Gasteiger partial charge in [0.1, 0.15) is 6.10 Å². The molecule has 0 spiro atoms. The molecule has 0 N–H and O–H groups in total. The average molecular weight is 391 g/mol. The third-order valence-corrected chi connectivity index (χ3v) is 5.18. The number of carbonyl (C=O) groups is 1. The zero-order valence-corrected chi connectivity index (χ0v) is 20.7. The number of hydrogen-bond donors (Lipinski definition) is 0. The van der Waals surface area contributed by atoms with E-state index in [2.05, 4.69) is 13.8 Å². The molecule has 1 rings (SSSR count). The van der Waals surface area contributed by atoms with E-state index in [-0.39, 0.29) is 69.2 Å². The van der Waals surface area contributed by atoms with E-state index in [4.69, 9.17) is 4.74 Å². The van der Waals surface area contributed by atoms with E-state index in [1.165, 1.54) is 51.4 Å². The van der Waals surface area contributed by atoms with Crippen molar-refractivity contribution in [1.29, 1.82) is 0 Å². The maximum absolute atomic E-state index is 12.2. The first kappa shape index (κ1) is 26.6. The largest absolute Gasteiger partial charge is 1.00 e. The van der Waals surface area contributed by atoms with Crippen molar-refractivity contribution in [2.24, 2.45) is 0 Å². The molecule has 0 amide bonds. The van der Waals surface area contributed by atoms with Gasteiger partial charge in [0.25, 0.3) is 0 Å². The fraction of sp³-hybridized carbons (Fsp3) is 0.864. The van der Waals surface area contributed by atoms with Gasteiger partial charge in [0.2, 0.25) is 0 Å². The van der Waals surface area contributed by atoms with Crippen molar-refractivity contribution in [2.45, 2.75) is 123 Å². The molecule has 26 heavy (non-hydrogen) atoms. The van der Waals surface area contributed by atoms with Gasteiger partial charge in [0.15, 0.2) is 0 Å². The summed E-state index contributed by atoms with van der Waals surface area (Å²) >= 11 is 0. The van der Waals surface area contributed by atoms with Crippen LogP contribution >= 0.6 is 0 Å². The maximum atomic E-state index is 12.2. The van der Waals surface area contributed by atoms with Gasteiger partial charge in [-0.2, -0.15) is 0 Å². The van der Waals surface area contributed by atoms with Crippen LogP contribution in [0.2, 0.25) is 0 Å². The molecule has 0 aromatic heterocycles. The summed E-state index contributed by atoms with van der Waals surface area (Å²) in [5.74, 6) is -0.303. The molecule has 1 aliphatic heterocycles. The molecular weight excluding hydrogens is 351 g/mol. The second-order valence-electron chi connectivity index (χ2n) is 7.56. The first-order chi connectivity index (χ1) is 12.2. The van der Waals surface area contributed by atoms with Crippen LogP contribution in [0.25, 0.3) is 0 Å². The monoisotopic (exact) mass is 390 g/mol. The molecule has 1 unspecified atom stereocenters. The van der Waals surface area contributed by atoms with Gasteiger partial charge in [-0.05, 0) is 32.1 Å². The maximum Gasteiger partial charge on any atom is 1.00 e. The molecule has 0 aromatic carbocycles. The van der Waals surface area contributed by atoms with E-state index < -0.39 is 0 Å². The summed E-state index contributed by atoms with van der Waals surface area (Å²) in [4.78, 5) is 12.1. The van der Waals surface area contributed by atoms with Crippen LogP contribution in [0.4, 0.5) is 0 Å². The summed E-state index contributed by atoms with van der Waals surface area (Å²) in [6, 6.07) is 0. The fourth-order valence-electron chi connectivity index (χ4n) is 3.52. The molecule has 0 saturated carbocycles. The van der Waals surface area contributed by atoms with Gasteiger partial charge in [-0.15, -0.1) is 5.76 Å². The number of esters is 1. The van der Waals surface area contributed by atoms with Crippen LogP contribution in [0.15, 0.2) is 11.3 Å². The molecular formula is C22H39KO3. The van der Waals surface area contributed by atoms with E-state index in [1.54, 1.807) is 0 Å². The Hall–Kier alpha value is 0.646. The summed E-state index contributed by atoms with van der Waals surface area (Å²) < 4.78 is 5.50. The minimum Gasteiger partial charge on any atom is -0.875 e. The number of unbranched alkanes of at least 4 members (excludes halogenated alkanes) is 11. The van der Waals surface area contributed by atoms with Crippen LogP contribution in [0.5, 0.6) is 0 Å². The van der Waals surface area contributed by atoms with Crippen LogP contribution < -0.4 is 56.5 Å². The van der Waals surface area contributed by atoms with Gasteiger partial charge < -0.3 is 9.84 Å². The van der Waals surface area contributed by atoms with Crippen LogP contribution in [0, 0.1) is 0 Å². The van der Waals surface area contributed by atoms with Crippen LogP contribution in [-0.4, -0.2) is 12.1 Å². The van der Waals surface area contributed by atoms with Crippen LogP contribution in [0.3, 0.4) is 0 Å². The quantitative estimate of drug-likeness (QED) is 0.245. The van der Waals surface area contributed by atoms with E-state index >= 15 is 0 Å². The van der Waals surface area contributed by atoms with Gasteiger partial charge in [0, 0.05) is 5.57 Å². The first-order valence-corrected chi connectivity index (χ1v) is 10.8. The predicted octanol–water partition coefficient (Wildman–Crippen LogP) is 2.81. The summed E-state index contributed by atoms with van der Waals surface area (Å²) in [7, 11) is 0. The second kappa shape index (κ2) is 17.7. The van der Waals surface area contributed by atoms with Crippen molar-refractivity contribution < 1.29 is 66.0 Å². The van der Waals surface area contributed by atoms with Crippen LogP contribution in [0.1, 0.15) is 117 Å². The SMILES string of the molecule is CCCCCCCCCCCC1CC([O-])=C(CCCCCC)C(=O)O1.[K+]. The number of cyclic esters (lactones) is 1. The smallest absolute Gasteiger partial charge is 0.875 e. The Bertz CT molecular complexity index is 393. The fourth-order valence-corrected chi connectivity index (χ4v) is 3.52. The number of hydrogen-bond acceptors (Lipinski definition) is 3. The number of rotatable bonds is 15. The first-order valence-electron chi connectivity index (χ1n) is 10.8. The standard InChI is InChI=1S/C22H40O3.K/c1-3-5-7-9-10-11-12-13-14-16-19-18-21(23)20(22(24)25-19)17-15-8-6-4-2;/h19,23H,3-18H2,1-2H3;/q;+1/p-1. The van der Waals surface area contributed by atoms with E-state index in [0.29, 0.717) is 18.4 Å². The van der Waals surface area contributed by atoms with Gasteiger partial charge in [-0.1, -0.05) is 84.5 Å². The minimum atomic E-state index is -0.339. The molecule has 0 radical (unpaired) electrons. The van der Waals surface area contributed by atoms with Crippen molar-refractivity contribution >= 4 is 5.97 Å². The molecule has 1 atom stereocenters. The molecule has 0 aromatic rings. The molecule has 0 fully saturated rings. The zero-order valence-electron chi connectivity index (χ0n) is 17.6.